The van der Waals surface area contributed by atoms with Crippen LogP contribution in [0.5, 0.6) is 0 Å². The second-order valence-corrected chi connectivity index (χ2v) is 6.77. The molecular formula is C9H11N3O5S2. The van der Waals surface area contributed by atoms with E-state index < -0.39 is 21.7 Å². The molecule has 1 fully saturated rings. The third-order valence-electron chi connectivity index (χ3n) is 2.59. The van der Waals surface area contributed by atoms with Gasteiger partial charge in [0, 0.05) is 19.0 Å². The normalized spacial score (nSPS) is 19.4. The lowest BCUT2D eigenvalue weighted by molar-refractivity contribution is -0.119. The number of carboxylic acids is 1. The molecule has 19 heavy (non-hydrogen) atoms. The summed E-state index contributed by atoms with van der Waals surface area (Å²) in [5.41, 5.74) is 0.669. The third-order valence-corrected chi connectivity index (χ3v) is 5.38. The van der Waals surface area contributed by atoms with Gasteiger partial charge in [0.05, 0.1) is 5.51 Å². The van der Waals surface area contributed by atoms with Gasteiger partial charge in [-0.25, -0.2) is 22.9 Å². The second-order valence-electron chi connectivity index (χ2n) is 3.95. The zero-order valence-electron chi connectivity index (χ0n) is 9.62. The first-order valence-electron chi connectivity index (χ1n) is 5.36. The van der Waals surface area contributed by atoms with E-state index in [1.54, 1.807) is 0 Å². The van der Waals surface area contributed by atoms with E-state index in [4.69, 9.17) is 5.11 Å². The van der Waals surface area contributed by atoms with Crippen LogP contribution in [0.1, 0.15) is 23.3 Å². The Balaban J connectivity index is 2.08. The van der Waals surface area contributed by atoms with Crippen LogP contribution in [-0.4, -0.2) is 43.0 Å². The van der Waals surface area contributed by atoms with Crippen LogP contribution in [0.3, 0.4) is 0 Å². The number of thiazole rings is 1. The molecule has 2 rings (SSSR count). The fourth-order valence-electron chi connectivity index (χ4n) is 1.67. The molecule has 8 nitrogen and oxygen atoms in total. The Morgan fingerprint density at radius 1 is 1.63 bits per heavy atom. The molecule has 0 radical (unpaired) electrons. The molecule has 104 valence electrons. The van der Waals surface area contributed by atoms with Crippen molar-refractivity contribution in [3.8, 4) is 0 Å². The first kappa shape index (κ1) is 13.9. The van der Waals surface area contributed by atoms with Crippen LogP contribution in [0.2, 0.25) is 0 Å². The number of carboxylic acid groups (broad SMARTS) is 1. The minimum absolute atomic E-state index is 0.0328. The Kier molecular flexibility index (Phi) is 3.83. The van der Waals surface area contributed by atoms with Crippen LogP contribution in [0.4, 0.5) is 0 Å². The Labute approximate surface area is 112 Å². The molecule has 0 spiro atoms. The van der Waals surface area contributed by atoms with Crippen LogP contribution in [0.15, 0.2) is 9.72 Å². The molecule has 3 N–H and O–H groups in total. The van der Waals surface area contributed by atoms with Crippen molar-refractivity contribution < 1.29 is 23.1 Å². The smallest absolute Gasteiger partial charge is 0.356 e. The first-order chi connectivity index (χ1) is 8.90. The van der Waals surface area contributed by atoms with Gasteiger partial charge < -0.3 is 10.4 Å². The maximum atomic E-state index is 11.9. The largest absolute Gasteiger partial charge is 0.476 e. The average Bonchev–Trinajstić information content (AvgIpc) is 2.94. The van der Waals surface area contributed by atoms with Crippen molar-refractivity contribution in [3.63, 3.8) is 0 Å². The zero-order valence-corrected chi connectivity index (χ0v) is 11.3. The summed E-state index contributed by atoms with van der Waals surface area (Å²) in [7, 11) is -3.92. The van der Waals surface area contributed by atoms with Crippen LogP contribution < -0.4 is 10.0 Å². The molecular weight excluding hydrogens is 294 g/mol. The van der Waals surface area contributed by atoms with Crippen molar-refractivity contribution in [3.05, 3.63) is 11.2 Å². The number of nitrogens with one attached hydrogen (secondary N) is 2. The van der Waals surface area contributed by atoms with Crippen LogP contribution in [0, 0.1) is 0 Å². The highest BCUT2D eigenvalue weighted by atomic mass is 32.2. The van der Waals surface area contributed by atoms with Gasteiger partial charge in [-0.1, -0.05) is 0 Å². The molecule has 0 aliphatic carbocycles. The molecule has 1 unspecified atom stereocenters. The van der Waals surface area contributed by atoms with Gasteiger partial charge in [-0.2, -0.15) is 0 Å². The van der Waals surface area contributed by atoms with E-state index in [0.717, 1.165) is 16.8 Å². The minimum Gasteiger partial charge on any atom is -0.476 e. The maximum absolute atomic E-state index is 11.9. The molecule has 10 heteroatoms. The maximum Gasteiger partial charge on any atom is 0.356 e. The van der Waals surface area contributed by atoms with E-state index in [2.05, 4.69) is 15.0 Å². The van der Waals surface area contributed by atoms with Crippen molar-refractivity contribution in [2.24, 2.45) is 0 Å². The monoisotopic (exact) mass is 305 g/mol. The van der Waals surface area contributed by atoms with Crippen molar-refractivity contribution >= 4 is 33.2 Å². The van der Waals surface area contributed by atoms with E-state index in [1.807, 2.05) is 0 Å². The summed E-state index contributed by atoms with van der Waals surface area (Å²) in [6, 6.07) is -0.261. The number of hydrogen-bond donors (Lipinski definition) is 3. The van der Waals surface area contributed by atoms with Gasteiger partial charge in [0.15, 0.2) is 9.90 Å². The summed E-state index contributed by atoms with van der Waals surface area (Å²) in [5.74, 6) is -1.51. The lowest BCUT2D eigenvalue weighted by Gasteiger charge is -2.11. The molecule has 1 aliphatic heterocycles. The molecule has 1 amide bonds. The number of nitrogens with zero attached hydrogens (tertiary/aromatic N) is 1. The quantitative estimate of drug-likeness (QED) is 0.667. The van der Waals surface area contributed by atoms with E-state index in [-0.39, 0.29) is 22.7 Å². The van der Waals surface area contributed by atoms with E-state index >= 15 is 0 Å². The summed E-state index contributed by atoms with van der Waals surface area (Å²) in [5, 5.41) is 11.4. The third kappa shape index (κ3) is 3.08. The lowest BCUT2D eigenvalue weighted by Crippen LogP contribution is -2.38. The van der Waals surface area contributed by atoms with E-state index in [1.165, 1.54) is 0 Å². The van der Waals surface area contributed by atoms with Gasteiger partial charge in [0.25, 0.3) is 10.0 Å². The zero-order chi connectivity index (χ0) is 14.0. The number of aromatic carboxylic acids is 1. The topological polar surface area (TPSA) is 125 Å². The Morgan fingerprint density at radius 2 is 2.37 bits per heavy atom. The molecule has 0 aromatic carbocycles. The number of amides is 1. The number of carbonyl (C=O) groups is 2. The Bertz CT molecular complexity index is 609. The molecule has 1 aliphatic rings. The van der Waals surface area contributed by atoms with E-state index in [0.29, 0.717) is 12.8 Å². The lowest BCUT2D eigenvalue weighted by atomic mass is 10.2. The van der Waals surface area contributed by atoms with Gasteiger partial charge in [-0.3, -0.25) is 4.79 Å². The Hall–Kier alpha value is -1.52. The van der Waals surface area contributed by atoms with Gasteiger partial charge in [-0.15, -0.1) is 11.3 Å². The highest BCUT2D eigenvalue weighted by molar-refractivity contribution is 7.91. The second kappa shape index (κ2) is 5.23. The number of hydrogen-bond acceptors (Lipinski definition) is 6. The average molecular weight is 305 g/mol. The highest BCUT2D eigenvalue weighted by Crippen LogP contribution is 2.20. The van der Waals surface area contributed by atoms with Gasteiger partial charge in [0.2, 0.25) is 5.91 Å². The minimum atomic E-state index is -3.92. The number of rotatable bonds is 5. The SMILES string of the molecule is O=C1CCC(CNS(=O)(=O)c2scnc2C(=O)O)N1. The van der Waals surface area contributed by atoms with Gasteiger partial charge in [0.1, 0.15) is 0 Å². The molecule has 1 aromatic heterocycles. The predicted molar refractivity (Wildman–Crippen MR) is 65.4 cm³/mol. The van der Waals surface area contributed by atoms with E-state index in [9.17, 15) is 18.0 Å². The molecule has 0 saturated carbocycles. The van der Waals surface area contributed by atoms with Crippen molar-refractivity contribution in [1.29, 1.82) is 0 Å². The molecule has 2 heterocycles. The summed E-state index contributed by atoms with van der Waals surface area (Å²) >= 11 is 0.738. The summed E-state index contributed by atoms with van der Waals surface area (Å²) in [6.45, 7) is 0.0328. The first-order valence-corrected chi connectivity index (χ1v) is 7.72. The molecule has 0 bridgehead atoms. The summed E-state index contributed by atoms with van der Waals surface area (Å²) in [4.78, 5) is 25.3. The summed E-state index contributed by atoms with van der Waals surface area (Å²) < 4.78 is 25.8. The van der Waals surface area contributed by atoms with Crippen molar-refractivity contribution in [1.82, 2.24) is 15.0 Å². The molecule has 1 saturated heterocycles. The predicted octanol–water partition coefficient (Wildman–Crippen LogP) is -0.602. The fourth-order valence-corrected chi connectivity index (χ4v) is 3.94. The van der Waals surface area contributed by atoms with Crippen molar-refractivity contribution in [2.75, 3.05) is 6.54 Å². The van der Waals surface area contributed by atoms with Crippen LogP contribution in [-0.2, 0) is 14.8 Å². The van der Waals surface area contributed by atoms with Gasteiger partial charge in [-0.05, 0) is 6.42 Å². The number of carbonyl (C=O) groups excluding carboxylic acids is 1. The van der Waals surface area contributed by atoms with Crippen molar-refractivity contribution in [2.45, 2.75) is 23.1 Å². The summed E-state index contributed by atoms with van der Waals surface area (Å²) in [6.07, 6.45) is 0.920. The molecule has 1 atom stereocenters. The van der Waals surface area contributed by atoms with Crippen LogP contribution >= 0.6 is 11.3 Å². The number of aromatic nitrogens is 1. The fraction of sp³-hybridized carbons (Fsp3) is 0.444. The number of sulfonamides is 1. The molecule has 1 aromatic rings. The highest BCUT2D eigenvalue weighted by Gasteiger charge is 2.28. The standard InChI is InChI=1S/C9H11N3O5S2/c13-6-2-1-5(12-6)3-11-19(16,17)9-7(8(14)15)10-4-18-9/h4-5,11H,1-3H2,(H,12,13)(H,14,15). The Morgan fingerprint density at radius 3 is 2.95 bits per heavy atom. The van der Waals surface area contributed by atoms with Gasteiger partial charge >= 0.3 is 5.97 Å². The van der Waals surface area contributed by atoms with Crippen LogP contribution in [0.25, 0.3) is 0 Å².